The standard InChI is InChI=1S/C12H13F2N3O/c13-12(14)8-18-6-5-17-7-11(16-9-17)10-1-3-15-4-2-10/h1-4,7,9,12H,5-6,8H2. The molecule has 0 saturated carbocycles. The molecule has 96 valence electrons. The topological polar surface area (TPSA) is 39.9 Å². The Hall–Kier alpha value is -1.82. The number of imidazole rings is 1. The Morgan fingerprint density at radius 2 is 2.06 bits per heavy atom. The highest BCUT2D eigenvalue weighted by atomic mass is 19.3. The predicted molar refractivity (Wildman–Crippen MR) is 62.3 cm³/mol. The fraction of sp³-hybridized carbons (Fsp3) is 0.333. The average Bonchev–Trinajstić information content (AvgIpc) is 2.84. The minimum absolute atomic E-state index is 0.247. The lowest BCUT2D eigenvalue weighted by Gasteiger charge is -2.03. The third kappa shape index (κ3) is 3.59. The lowest BCUT2D eigenvalue weighted by atomic mass is 10.2. The first kappa shape index (κ1) is 12.6. The molecule has 0 aromatic carbocycles. The number of nitrogens with zero attached hydrogens (tertiary/aromatic N) is 3. The zero-order valence-electron chi connectivity index (χ0n) is 9.67. The average molecular weight is 253 g/mol. The first-order valence-electron chi connectivity index (χ1n) is 5.54. The van der Waals surface area contributed by atoms with Crippen LogP contribution in [0.2, 0.25) is 0 Å². The van der Waals surface area contributed by atoms with Crippen molar-refractivity contribution in [1.82, 2.24) is 14.5 Å². The second-order valence-electron chi connectivity index (χ2n) is 3.70. The van der Waals surface area contributed by atoms with Crippen molar-refractivity contribution in [3.8, 4) is 11.3 Å². The van der Waals surface area contributed by atoms with E-state index in [9.17, 15) is 8.78 Å². The molecular weight excluding hydrogens is 240 g/mol. The molecule has 0 spiro atoms. The Morgan fingerprint density at radius 1 is 1.28 bits per heavy atom. The summed E-state index contributed by atoms with van der Waals surface area (Å²) in [5.41, 5.74) is 1.79. The van der Waals surface area contributed by atoms with Crippen LogP contribution in [0.15, 0.2) is 37.1 Å². The van der Waals surface area contributed by atoms with Gasteiger partial charge in [-0.25, -0.2) is 13.8 Å². The van der Waals surface area contributed by atoms with Crippen LogP contribution in [0.1, 0.15) is 0 Å². The summed E-state index contributed by atoms with van der Waals surface area (Å²) in [6.45, 7) is 0.229. The molecule has 0 unspecified atom stereocenters. The van der Waals surface area contributed by atoms with Crippen molar-refractivity contribution in [2.24, 2.45) is 0 Å². The maximum absolute atomic E-state index is 11.8. The monoisotopic (exact) mass is 253 g/mol. The number of halogens is 2. The van der Waals surface area contributed by atoms with Crippen LogP contribution in [0.4, 0.5) is 8.78 Å². The van der Waals surface area contributed by atoms with Crippen molar-refractivity contribution < 1.29 is 13.5 Å². The summed E-state index contributed by atoms with van der Waals surface area (Å²) in [4.78, 5) is 8.16. The lowest BCUT2D eigenvalue weighted by molar-refractivity contribution is 0.0147. The Balaban J connectivity index is 1.87. The van der Waals surface area contributed by atoms with Crippen LogP contribution >= 0.6 is 0 Å². The number of rotatable bonds is 6. The van der Waals surface area contributed by atoms with Crippen LogP contribution in [0.5, 0.6) is 0 Å². The largest absolute Gasteiger partial charge is 0.374 e. The van der Waals surface area contributed by atoms with Crippen molar-refractivity contribution in [2.45, 2.75) is 13.0 Å². The molecule has 0 saturated heterocycles. The molecule has 0 aliphatic rings. The minimum atomic E-state index is -2.42. The maximum atomic E-state index is 11.8. The number of ether oxygens (including phenoxy) is 1. The van der Waals surface area contributed by atoms with Gasteiger partial charge in [0.05, 0.1) is 18.6 Å². The quantitative estimate of drug-likeness (QED) is 0.741. The fourth-order valence-electron chi connectivity index (χ4n) is 1.50. The van der Waals surface area contributed by atoms with Crippen LogP contribution < -0.4 is 0 Å². The zero-order chi connectivity index (χ0) is 12.8. The van der Waals surface area contributed by atoms with Crippen molar-refractivity contribution in [2.75, 3.05) is 13.2 Å². The summed E-state index contributed by atoms with van der Waals surface area (Å²) in [5.74, 6) is 0. The van der Waals surface area contributed by atoms with Gasteiger partial charge >= 0.3 is 0 Å². The molecule has 2 aromatic rings. The molecule has 0 fully saturated rings. The smallest absolute Gasteiger partial charge is 0.261 e. The van der Waals surface area contributed by atoms with Crippen LogP contribution in [-0.4, -0.2) is 34.2 Å². The molecule has 0 aliphatic heterocycles. The molecule has 6 heteroatoms. The minimum Gasteiger partial charge on any atom is -0.374 e. The van der Waals surface area contributed by atoms with Crippen LogP contribution in [-0.2, 0) is 11.3 Å². The highest BCUT2D eigenvalue weighted by Gasteiger charge is 2.03. The van der Waals surface area contributed by atoms with Crippen molar-refractivity contribution in [1.29, 1.82) is 0 Å². The molecule has 0 amide bonds. The fourth-order valence-corrected chi connectivity index (χ4v) is 1.50. The van der Waals surface area contributed by atoms with Gasteiger partial charge in [-0.05, 0) is 12.1 Å². The summed E-state index contributed by atoms with van der Waals surface area (Å²) in [7, 11) is 0. The maximum Gasteiger partial charge on any atom is 0.261 e. The van der Waals surface area contributed by atoms with E-state index in [0.717, 1.165) is 11.3 Å². The van der Waals surface area contributed by atoms with E-state index < -0.39 is 13.0 Å². The van der Waals surface area contributed by atoms with Gasteiger partial charge in [0, 0.05) is 30.7 Å². The van der Waals surface area contributed by atoms with Gasteiger partial charge in [-0.1, -0.05) is 0 Å². The predicted octanol–water partition coefficient (Wildman–Crippen LogP) is 2.23. The summed E-state index contributed by atoms with van der Waals surface area (Å²) in [6, 6.07) is 3.72. The number of alkyl halides is 2. The third-order valence-corrected chi connectivity index (χ3v) is 2.35. The van der Waals surface area contributed by atoms with E-state index in [0.29, 0.717) is 6.54 Å². The van der Waals surface area contributed by atoms with Gasteiger partial charge in [-0.15, -0.1) is 0 Å². The van der Waals surface area contributed by atoms with E-state index in [4.69, 9.17) is 4.74 Å². The van der Waals surface area contributed by atoms with E-state index in [2.05, 4.69) is 9.97 Å². The number of hydrogen-bond acceptors (Lipinski definition) is 3. The highest BCUT2D eigenvalue weighted by Crippen LogP contribution is 2.14. The van der Waals surface area contributed by atoms with Gasteiger partial charge in [-0.2, -0.15) is 0 Å². The molecular formula is C12H13F2N3O. The number of hydrogen-bond donors (Lipinski definition) is 0. The SMILES string of the molecule is FC(F)COCCn1cnc(-c2ccncc2)c1. The first-order valence-corrected chi connectivity index (χ1v) is 5.54. The molecule has 0 aliphatic carbocycles. The first-order chi connectivity index (χ1) is 8.75. The van der Waals surface area contributed by atoms with Crippen LogP contribution in [0.25, 0.3) is 11.3 Å². The molecule has 2 aromatic heterocycles. The normalized spacial score (nSPS) is 11.1. The van der Waals surface area contributed by atoms with Gasteiger partial charge in [0.2, 0.25) is 0 Å². The molecule has 18 heavy (non-hydrogen) atoms. The Kier molecular flexibility index (Phi) is 4.35. The molecule has 2 rings (SSSR count). The van der Waals surface area contributed by atoms with Gasteiger partial charge in [0.15, 0.2) is 0 Å². The second-order valence-corrected chi connectivity index (χ2v) is 3.70. The summed E-state index contributed by atoms with van der Waals surface area (Å²) < 4.78 is 30.3. The summed E-state index contributed by atoms with van der Waals surface area (Å²) in [5, 5.41) is 0. The number of pyridine rings is 1. The molecule has 2 heterocycles. The van der Waals surface area contributed by atoms with Crippen molar-refractivity contribution in [3.05, 3.63) is 37.1 Å². The van der Waals surface area contributed by atoms with Gasteiger partial charge in [0.25, 0.3) is 6.43 Å². The molecule has 0 bridgehead atoms. The van der Waals surface area contributed by atoms with Crippen LogP contribution in [0.3, 0.4) is 0 Å². The van der Waals surface area contributed by atoms with E-state index in [1.54, 1.807) is 23.3 Å². The van der Waals surface area contributed by atoms with E-state index in [-0.39, 0.29) is 6.61 Å². The molecule has 0 N–H and O–H groups in total. The molecule has 0 radical (unpaired) electrons. The van der Waals surface area contributed by atoms with E-state index in [1.807, 2.05) is 18.3 Å². The summed E-state index contributed by atoms with van der Waals surface area (Å²) >= 11 is 0. The molecule has 0 atom stereocenters. The molecule has 4 nitrogen and oxygen atoms in total. The Labute approximate surface area is 103 Å². The van der Waals surface area contributed by atoms with E-state index in [1.165, 1.54) is 0 Å². The Morgan fingerprint density at radius 3 is 2.78 bits per heavy atom. The summed E-state index contributed by atoms with van der Waals surface area (Å²) in [6.07, 6.45) is 4.48. The van der Waals surface area contributed by atoms with Gasteiger partial charge < -0.3 is 9.30 Å². The zero-order valence-corrected chi connectivity index (χ0v) is 9.67. The van der Waals surface area contributed by atoms with Crippen molar-refractivity contribution >= 4 is 0 Å². The highest BCUT2D eigenvalue weighted by molar-refractivity contribution is 5.56. The van der Waals surface area contributed by atoms with Crippen LogP contribution in [0, 0.1) is 0 Å². The second kappa shape index (κ2) is 6.20. The number of aromatic nitrogens is 3. The van der Waals surface area contributed by atoms with Crippen molar-refractivity contribution in [3.63, 3.8) is 0 Å². The third-order valence-electron chi connectivity index (χ3n) is 2.35. The lowest BCUT2D eigenvalue weighted by Crippen LogP contribution is -2.09. The van der Waals surface area contributed by atoms with Gasteiger partial charge in [0.1, 0.15) is 6.61 Å². The van der Waals surface area contributed by atoms with E-state index >= 15 is 0 Å². The Bertz CT molecular complexity index is 473. The van der Waals surface area contributed by atoms with Gasteiger partial charge in [-0.3, -0.25) is 4.98 Å².